The van der Waals surface area contributed by atoms with E-state index in [2.05, 4.69) is 20.4 Å². The van der Waals surface area contributed by atoms with Crippen LogP contribution in [0.3, 0.4) is 0 Å². The standard InChI is InChI=1S/C20H14N4O2/c25-19(15-9-11-21-12-10-15)22-17-8-4-7-16(13-17)20-23-18(24-26-20)14-5-2-1-3-6-14/h1-13H,(H,22,25). The zero-order chi connectivity index (χ0) is 17.8. The summed E-state index contributed by atoms with van der Waals surface area (Å²) < 4.78 is 5.37. The molecular weight excluding hydrogens is 328 g/mol. The number of pyridine rings is 1. The molecule has 0 unspecified atom stereocenters. The molecule has 0 radical (unpaired) electrons. The van der Waals surface area contributed by atoms with Crippen molar-refractivity contribution in [3.05, 3.63) is 84.7 Å². The Morgan fingerprint density at radius 2 is 1.65 bits per heavy atom. The van der Waals surface area contributed by atoms with Crippen LogP contribution < -0.4 is 5.32 Å². The molecule has 2 aromatic heterocycles. The van der Waals surface area contributed by atoms with Gasteiger partial charge in [0, 0.05) is 34.8 Å². The fourth-order valence-corrected chi connectivity index (χ4v) is 2.48. The summed E-state index contributed by atoms with van der Waals surface area (Å²) >= 11 is 0. The molecule has 0 bridgehead atoms. The van der Waals surface area contributed by atoms with Gasteiger partial charge in [-0.2, -0.15) is 4.98 Å². The van der Waals surface area contributed by atoms with Crippen LogP contribution in [0.2, 0.25) is 0 Å². The average Bonchev–Trinajstić information content (AvgIpc) is 3.20. The molecule has 26 heavy (non-hydrogen) atoms. The number of hydrogen-bond acceptors (Lipinski definition) is 5. The van der Waals surface area contributed by atoms with E-state index in [4.69, 9.17) is 4.52 Å². The quantitative estimate of drug-likeness (QED) is 0.605. The monoisotopic (exact) mass is 342 g/mol. The normalized spacial score (nSPS) is 10.5. The molecule has 0 saturated carbocycles. The molecule has 0 atom stereocenters. The Morgan fingerprint density at radius 1 is 0.885 bits per heavy atom. The van der Waals surface area contributed by atoms with Gasteiger partial charge in [-0.1, -0.05) is 41.6 Å². The van der Waals surface area contributed by atoms with Crippen molar-refractivity contribution in [2.45, 2.75) is 0 Å². The number of nitrogens with zero attached hydrogens (tertiary/aromatic N) is 3. The second kappa shape index (κ2) is 6.98. The van der Waals surface area contributed by atoms with Crippen LogP contribution in [0, 0.1) is 0 Å². The average molecular weight is 342 g/mol. The Balaban J connectivity index is 1.57. The molecule has 0 fully saturated rings. The fraction of sp³-hybridized carbons (Fsp3) is 0. The van der Waals surface area contributed by atoms with Gasteiger partial charge in [-0.15, -0.1) is 0 Å². The first-order valence-electron chi connectivity index (χ1n) is 8.00. The van der Waals surface area contributed by atoms with E-state index in [0.29, 0.717) is 23.0 Å². The zero-order valence-electron chi connectivity index (χ0n) is 13.7. The minimum atomic E-state index is -0.208. The van der Waals surface area contributed by atoms with Gasteiger partial charge in [0.15, 0.2) is 0 Å². The largest absolute Gasteiger partial charge is 0.334 e. The Hall–Kier alpha value is -3.80. The second-order valence-corrected chi connectivity index (χ2v) is 5.56. The van der Waals surface area contributed by atoms with Crippen molar-refractivity contribution in [1.82, 2.24) is 15.1 Å². The lowest BCUT2D eigenvalue weighted by Crippen LogP contribution is -2.11. The van der Waals surface area contributed by atoms with Gasteiger partial charge in [-0.3, -0.25) is 9.78 Å². The van der Waals surface area contributed by atoms with Crippen LogP contribution in [0.25, 0.3) is 22.8 Å². The molecule has 6 nitrogen and oxygen atoms in total. The van der Waals surface area contributed by atoms with Crippen LogP contribution in [-0.4, -0.2) is 21.0 Å². The van der Waals surface area contributed by atoms with Crippen molar-refractivity contribution in [3.63, 3.8) is 0 Å². The van der Waals surface area contributed by atoms with Gasteiger partial charge in [0.1, 0.15) is 0 Å². The Kier molecular flexibility index (Phi) is 4.22. The molecule has 0 aliphatic heterocycles. The van der Waals surface area contributed by atoms with E-state index < -0.39 is 0 Å². The summed E-state index contributed by atoms with van der Waals surface area (Å²) in [5.74, 6) is 0.704. The highest BCUT2D eigenvalue weighted by Gasteiger charge is 2.12. The van der Waals surface area contributed by atoms with E-state index >= 15 is 0 Å². The number of benzene rings is 2. The molecule has 126 valence electrons. The third kappa shape index (κ3) is 3.34. The molecule has 6 heteroatoms. The van der Waals surface area contributed by atoms with E-state index in [-0.39, 0.29) is 5.91 Å². The summed E-state index contributed by atoms with van der Waals surface area (Å²) in [7, 11) is 0. The number of aromatic nitrogens is 3. The molecule has 2 aromatic carbocycles. The Bertz CT molecular complexity index is 1030. The molecule has 1 N–H and O–H groups in total. The van der Waals surface area contributed by atoms with Crippen LogP contribution in [0.1, 0.15) is 10.4 Å². The van der Waals surface area contributed by atoms with Gasteiger partial charge >= 0.3 is 0 Å². The maximum absolute atomic E-state index is 12.3. The summed E-state index contributed by atoms with van der Waals surface area (Å²) in [5.41, 5.74) is 2.79. The SMILES string of the molecule is O=C(Nc1cccc(-c2nc(-c3ccccc3)no2)c1)c1ccncc1. The van der Waals surface area contributed by atoms with Crippen molar-refractivity contribution in [2.75, 3.05) is 5.32 Å². The van der Waals surface area contributed by atoms with Crippen LogP contribution >= 0.6 is 0 Å². The smallest absolute Gasteiger partial charge is 0.258 e. The first kappa shape index (κ1) is 15.7. The third-order valence-electron chi connectivity index (χ3n) is 3.77. The lowest BCUT2D eigenvalue weighted by molar-refractivity contribution is 0.102. The molecule has 0 spiro atoms. The molecule has 4 aromatic rings. The Labute approximate surface area is 149 Å². The van der Waals surface area contributed by atoms with E-state index in [1.54, 1.807) is 36.7 Å². The number of hydrogen-bond donors (Lipinski definition) is 1. The highest BCUT2D eigenvalue weighted by molar-refractivity contribution is 6.04. The minimum Gasteiger partial charge on any atom is -0.334 e. The van der Waals surface area contributed by atoms with Crippen LogP contribution in [-0.2, 0) is 0 Å². The number of rotatable bonds is 4. The van der Waals surface area contributed by atoms with Gasteiger partial charge < -0.3 is 9.84 Å². The summed E-state index contributed by atoms with van der Waals surface area (Å²) in [5, 5.41) is 6.87. The van der Waals surface area contributed by atoms with E-state index in [0.717, 1.165) is 11.1 Å². The second-order valence-electron chi connectivity index (χ2n) is 5.56. The van der Waals surface area contributed by atoms with E-state index in [1.165, 1.54) is 0 Å². The molecule has 0 saturated heterocycles. The first-order chi connectivity index (χ1) is 12.8. The fourth-order valence-electron chi connectivity index (χ4n) is 2.48. The van der Waals surface area contributed by atoms with E-state index in [1.807, 2.05) is 42.5 Å². The van der Waals surface area contributed by atoms with Crippen LogP contribution in [0.4, 0.5) is 5.69 Å². The van der Waals surface area contributed by atoms with Crippen molar-refractivity contribution in [3.8, 4) is 22.8 Å². The molecule has 1 amide bonds. The number of nitrogens with one attached hydrogen (secondary N) is 1. The van der Waals surface area contributed by atoms with Crippen molar-refractivity contribution >= 4 is 11.6 Å². The zero-order valence-corrected chi connectivity index (χ0v) is 13.7. The predicted molar refractivity (Wildman–Crippen MR) is 97.4 cm³/mol. The molecular formula is C20H14N4O2. The summed E-state index contributed by atoms with van der Waals surface area (Å²) in [6.45, 7) is 0. The highest BCUT2D eigenvalue weighted by atomic mass is 16.5. The highest BCUT2D eigenvalue weighted by Crippen LogP contribution is 2.24. The summed E-state index contributed by atoms with van der Waals surface area (Å²) in [6, 6.07) is 20.2. The summed E-state index contributed by atoms with van der Waals surface area (Å²) in [4.78, 5) is 20.6. The van der Waals surface area contributed by atoms with Gasteiger partial charge in [0.25, 0.3) is 11.8 Å². The van der Waals surface area contributed by atoms with Crippen molar-refractivity contribution in [1.29, 1.82) is 0 Å². The first-order valence-corrected chi connectivity index (χ1v) is 8.00. The van der Waals surface area contributed by atoms with Crippen LogP contribution in [0.5, 0.6) is 0 Å². The lowest BCUT2D eigenvalue weighted by atomic mass is 10.2. The van der Waals surface area contributed by atoms with Gasteiger partial charge in [0.05, 0.1) is 0 Å². The molecule has 0 aliphatic rings. The predicted octanol–water partition coefficient (Wildman–Crippen LogP) is 4.05. The number of amides is 1. The van der Waals surface area contributed by atoms with Gasteiger partial charge in [0.2, 0.25) is 5.82 Å². The number of carbonyl (C=O) groups excluding carboxylic acids is 1. The molecule has 0 aliphatic carbocycles. The number of anilines is 1. The summed E-state index contributed by atoms with van der Waals surface area (Å²) in [6.07, 6.45) is 3.16. The van der Waals surface area contributed by atoms with Crippen LogP contribution in [0.15, 0.2) is 83.6 Å². The maximum Gasteiger partial charge on any atom is 0.258 e. The van der Waals surface area contributed by atoms with Crippen molar-refractivity contribution in [2.24, 2.45) is 0 Å². The van der Waals surface area contributed by atoms with E-state index in [9.17, 15) is 4.79 Å². The third-order valence-corrected chi connectivity index (χ3v) is 3.77. The molecule has 4 rings (SSSR count). The minimum absolute atomic E-state index is 0.208. The topological polar surface area (TPSA) is 80.9 Å². The molecule has 2 heterocycles. The van der Waals surface area contributed by atoms with Gasteiger partial charge in [-0.25, -0.2) is 0 Å². The lowest BCUT2D eigenvalue weighted by Gasteiger charge is -2.05. The number of carbonyl (C=O) groups is 1. The van der Waals surface area contributed by atoms with Gasteiger partial charge in [-0.05, 0) is 30.3 Å². The maximum atomic E-state index is 12.3. The Morgan fingerprint density at radius 3 is 2.46 bits per heavy atom. The van der Waals surface area contributed by atoms with Crippen molar-refractivity contribution < 1.29 is 9.32 Å².